The summed E-state index contributed by atoms with van der Waals surface area (Å²) in [5.41, 5.74) is 6.74. The standard InChI is InChI=1S/C12H18ClN3O3S/c1-4-15-12(17)7-16(3)20(18,19)11-6-10(14)8(2)5-9(11)13/h5-6H,4,7,14H2,1-3H3,(H,15,17). The first-order valence-electron chi connectivity index (χ1n) is 5.98. The van der Waals surface area contributed by atoms with Crippen LogP contribution >= 0.6 is 11.6 Å². The molecule has 0 aliphatic heterocycles. The van der Waals surface area contributed by atoms with Gasteiger partial charge in [-0.1, -0.05) is 11.6 Å². The highest BCUT2D eigenvalue weighted by Gasteiger charge is 2.26. The molecule has 8 heteroatoms. The lowest BCUT2D eigenvalue weighted by atomic mass is 10.2. The van der Waals surface area contributed by atoms with Gasteiger partial charge in [0.05, 0.1) is 11.6 Å². The van der Waals surface area contributed by atoms with Gasteiger partial charge in [-0.2, -0.15) is 4.31 Å². The number of carbonyl (C=O) groups is 1. The van der Waals surface area contributed by atoms with Crippen LogP contribution in [-0.2, 0) is 14.8 Å². The van der Waals surface area contributed by atoms with Crippen molar-refractivity contribution < 1.29 is 13.2 Å². The Morgan fingerprint density at radius 3 is 2.60 bits per heavy atom. The summed E-state index contributed by atoms with van der Waals surface area (Å²) in [5, 5.41) is 2.62. The third kappa shape index (κ3) is 3.62. The molecular formula is C12H18ClN3O3S. The number of sulfonamides is 1. The first kappa shape index (κ1) is 16.7. The van der Waals surface area contributed by atoms with Gasteiger partial charge in [-0.15, -0.1) is 0 Å². The van der Waals surface area contributed by atoms with Crippen molar-refractivity contribution in [3.05, 3.63) is 22.7 Å². The van der Waals surface area contributed by atoms with Gasteiger partial charge in [0.15, 0.2) is 0 Å². The zero-order chi connectivity index (χ0) is 15.5. The topological polar surface area (TPSA) is 92.5 Å². The molecule has 0 radical (unpaired) electrons. The van der Waals surface area contributed by atoms with Crippen LogP contribution in [0.5, 0.6) is 0 Å². The number of nitrogens with two attached hydrogens (primary N) is 1. The molecule has 0 saturated carbocycles. The van der Waals surface area contributed by atoms with Gasteiger partial charge in [0.1, 0.15) is 4.90 Å². The van der Waals surface area contributed by atoms with Crippen LogP contribution in [0.2, 0.25) is 5.02 Å². The van der Waals surface area contributed by atoms with E-state index in [1.807, 2.05) is 0 Å². The molecule has 20 heavy (non-hydrogen) atoms. The lowest BCUT2D eigenvalue weighted by Crippen LogP contribution is -2.38. The molecule has 0 aromatic heterocycles. The van der Waals surface area contributed by atoms with Gasteiger partial charge < -0.3 is 11.1 Å². The van der Waals surface area contributed by atoms with Crippen LogP contribution in [0.15, 0.2) is 17.0 Å². The van der Waals surface area contributed by atoms with Crippen LogP contribution in [0.25, 0.3) is 0 Å². The molecule has 0 aliphatic rings. The lowest BCUT2D eigenvalue weighted by molar-refractivity contribution is -0.121. The Morgan fingerprint density at radius 1 is 1.45 bits per heavy atom. The molecule has 0 fully saturated rings. The maximum absolute atomic E-state index is 12.4. The summed E-state index contributed by atoms with van der Waals surface area (Å²) < 4.78 is 25.7. The maximum atomic E-state index is 12.4. The monoisotopic (exact) mass is 319 g/mol. The Bertz CT molecular complexity index is 617. The van der Waals surface area contributed by atoms with Crippen molar-refractivity contribution in [1.29, 1.82) is 0 Å². The predicted molar refractivity (Wildman–Crippen MR) is 79.1 cm³/mol. The molecule has 0 saturated heterocycles. The fraction of sp³-hybridized carbons (Fsp3) is 0.417. The SMILES string of the molecule is CCNC(=O)CN(C)S(=O)(=O)c1cc(N)c(C)cc1Cl. The molecule has 0 atom stereocenters. The van der Waals surface area contributed by atoms with Gasteiger partial charge in [-0.3, -0.25) is 4.79 Å². The number of nitrogens with zero attached hydrogens (tertiary/aromatic N) is 1. The van der Waals surface area contributed by atoms with Gasteiger partial charge in [-0.05, 0) is 31.5 Å². The Kier molecular flexibility index (Phi) is 5.38. The second-order valence-corrected chi connectivity index (χ2v) is 6.77. The number of aryl methyl sites for hydroxylation is 1. The van der Waals surface area contributed by atoms with Crippen molar-refractivity contribution in [2.75, 3.05) is 25.9 Å². The number of amides is 1. The number of hydrogen-bond acceptors (Lipinski definition) is 4. The molecule has 0 bridgehead atoms. The van der Waals surface area contributed by atoms with Crippen LogP contribution in [0.4, 0.5) is 5.69 Å². The molecule has 0 aliphatic carbocycles. The normalized spacial score (nSPS) is 11.7. The molecule has 1 aromatic rings. The minimum absolute atomic E-state index is 0.0828. The number of hydrogen-bond donors (Lipinski definition) is 2. The van der Waals surface area contributed by atoms with Crippen molar-refractivity contribution in [3.63, 3.8) is 0 Å². The average Bonchev–Trinajstić information content (AvgIpc) is 2.33. The summed E-state index contributed by atoms with van der Waals surface area (Å²) in [6, 6.07) is 2.80. The van der Waals surface area contributed by atoms with Crippen molar-refractivity contribution >= 4 is 33.2 Å². The number of rotatable bonds is 5. The smallest absolute Gasteiger partial charge is 0.244 e. The lowest BCUT2D eigenvalue weighted by Gasteiger charge is -2.18. The van der Waals surface area contributed by atoms with E-state index in [0.717, 1.165) is 4.31 Å². The number of halogens is 1. The summed E-state index contributed by atoms with van der Waals surface area (Å²) >= 11 is 5.97. The highest BCUT2D eigenvalue weighted by Crippen LogP contribution is 2.28. The van der Waals surface area contributed by atoms with E-state index in [2.05, 4.69) is 5.32 Å². The Labute approximate surface area is 123 Å². The summed E-state index contributed by atoms with van der Waals surface area (Å²) in [6.45, 7) is 3.64. The van der Waals surface area contributed by atoms with Crippen LogP contribution in [0.3, 0.4) is 0 Å². The Balaban J connectivity index is 3.11. The number of benzene rings is 1. The molecule has 1 rings (SSSR count). The van der Waals surface area contributed by atoms with Crippen molar-refractivity contribution in [2.45, 2.75) is 18.7 Å². The van der Waals surface area contributed by atoms with Crippen molar-refractivity contribution in [3.8, 4) is 0 Å². The van der Waals surface area contributed by atoms with Crippen LogP contribution in [0, 0.1) is 6.92 Å². The third-order valence-electron chi connectivity index (χ3n) is 2.75. The molecule has 0 heterocycles. The fourth-order valence-electron chi connectivity index (χ4n) is 1.57. The molecule has 1 aromatic carbocycles. The van der Waals surface area contributed by atoms with Gasteiger partial charge in [-0.25, -0.2) is 8.42 Å². The number of anilines is 1. The number of nitrogen functional groups attached to an aromatic ring is 1. The van der Waals surface area contributed by atoms with E-state index in [9.17, 15) is 13.2 Å². The largest absolute Gasteiger partial charge is 0.398 e. The van der Waals surface area contributed by atoms with Gasteiger partial charge in [0.2, 0.25) is 15.9 Å². The first-order valence-corrected chi connectivity index (χ1v) is 7.80. The van der Waals surface area contributed by atoms with Crippen molar-refractivity contribution in [2.24, 2.45) is 0 Å². The summed E-state index contributed by atoms with van der Waals surface area (Å²) in [7, 11) is -2.55. The molecule has 112 valence electrons. The van der Waals surface area contributed by atoms with Crippen LogP contribution < -0.4 is 11.1 Å². The zero-order valence-corrected chi connectivity index (χ0v) is 13.2. The fourth-order valence-corrected chi connectivity index (χ4v) is 3.29. The Hall–Kier alpha value is -1.31. The molecule has 0 unspecified atom stereocenters. The van der Waals surface area contributed by atoms with E-state index in [1.165, 1.54) is 19.2 Å². The summed E-state index contributed by atoms with van der Waals surface area (Å²) in [5.74, 6) is -0.380. The van der Waals surface area contributed by atoms with Crippen LogP contribution in [0.1, 0.15) is 12.5 Å². The average molecular weight is 320 g/mol. The van der Waals surface area contributed by atoms with Gasteiger partial charge >= 0.3 is 0 Å². The zero-order valence-electron chi connectivity index (χ0n) is 11.6. The number of likely N-dealkylation sites (N-methyl/N-ethyl adjacent to an activating group) is 2. The van der Waals surface area contributed by atoms with Gasteiger partial charge in [0.25, 0.3) is 0 Å². The van der Waals surface area contributed by atoms with Crippen molar-refractivity contribution in [1.82, 2.24) is 9.62 Å². The van der Waals surface area contributed by atoms with E-state index in [0.29, 0.717) is 17.8 Å². The maximum Gasteiger partial charge on any atom is 0.244 e. The highest BCUT2D eigenvalue weighted by molar-refractivity contribution is 7.89. The number of nitrogens with one attached hydrogen (secondary N) is 1. The van der Waals surface area contributed by atoms with E-state index >= 15 is 0 Å². The van der Waals surface area contributed by atoms with Crippen LogP contribution in [-0.4, -0.2) is 38.8 Å². The minimum atomic E-state index is -3.86. The molecule has 0 spiro atoms. The van der Waals surface area contributed by atoms with E-state index < -0.39 is 10.0 Å². The van der Waals surface area contributed by atoms with Gasteiger partial charge in [0, 0.05) is 19.3 Å². The Morgan fingerprint density at radius 2 is 2.05 bits per heavy atom. The quantitative estimate of drug-likeness (QED) is 0.791. The molecule has 3 N–H and O–H groups in total. The minimum Gasteiger partial charge on any atom is -0.398 e. The third-order valence-corrected chi connectivity index (χ3v) is 5.02. The molecular weight excluding hydrogens is 302 g/mol. The second kappa shape index (κ2) is 6.43. The van der Waals surface area contributed by atoms with E-state index in [1.54, 1.807) is 13.8 Å². The summed E-state index contributed by atoms with van der Waals surface area (Å²) in [4.78, 5) is 11.4. The first-order chi connectivity index (χ1) is 9.20. The highest BCUT2D eigenvalue weighted by atomic mass is 35.5. The predicted octanol–water partition coefficient (Wildman–Crippen LogP) is 0.987. The summed E-state index contributed by atoms with van der Waals surface area (Å²) in [6.07, 6.45) is 0. The number of carbonyl (C=O) groups excluding carboxylic acids is 1. The molecule has 1 amide bonds. The second-order valence-electron chi connectivity index (χ2n) is 4.35. The van der Waals surface area contributed by atoms with E-state index in [-0.39, 0.29) is 22.4 Å². The molecule has 6 nitrogen and oxygen atoms in total. The van der Waals surface area contributed by atoms with E-state index in [4.69, 9.17) is 17.3 Å².